The summed E-state index contributed by atoms with van der Waals surface area (Å²) in [4.78, 5) is 2.38. The minimum absolute atomic E-state index is 0.536. The Kier molecular flexibility index (Phi) is 5.00. The van der Waals surface area contributed by atoms with Crippen molar-refractivity contribution in [3.63, 3.8) is 0 Å². The third kappa shape index (κ3) is 3.58. The van der Waals surface area contributed by atoms with E-state index in [0.29, 0.717) is 12.0 Å². The van der Waals surface area contributed by atoms with E-state index in [1.165, 1.54) is 30.5 Å². The average molecular weight is 260 g/mol. The molecule has 1 saturated heterocycles. The third-order valence-corrected chi connectivity index (χ3v) is 4.28. The second-order valence-corrected chi connectivity index (χ2v) is 6.34. The van der Waals surface area contributed by atoms with Crippen molar-refractivity contribution in [1.82, 2.24) is 10.2 Å². The Hall–Kier alpha value is -0.860. The monoisotopic (exact) mass is 260 g/mol. The summed E-state index contributed by atoms with van der Waals surface area (Å²) in [5.74, 6) is 1.34. The lowest BCUT2D eigenvalue weighted by Crippen LogP contribution is -2.38. The predicted molar refractivity (Wildman–Crippen MR) is 82.6 cm³/mol. The fraction of sp³-hybridized carbons (Fsp3) is 0.647. The highest BCUT2D eigenvalue weighted by molar-refractivity contribution is 5.27. The maximum atomic E-state index is 3.54. The molecule has 1 fully saturated rings. The minimum Gasteiger partial charge on any atom is -0.316 e. The molecular formula is C17H28N2. The highest BCUT2D eigenvalue weighted by atomic mass is 15.1. The van der Waals surface area contributed by atoms with Crippen molar-refractivity contribution in [2.75, 3.05) is 27.2 Å². The number of nitrogens with one attached hydrogen (secondary N) is 1. The van der Waals surface area contributed by atoms with E-state index < -0.39 is 0 Å². The molecule has 0 saturated carbocycles. The Bertz CT molecular complexity index is 375. The van der Waals surface area contributed by atoms with Gasteiger partial charge in [-0.1, -0.05) is 38.1 Å². The summed E-state index contributed by atoms with van der Waals surface area (Å²) in [5, 5.41) is 3.54. The van der Waals surface area contributed by atoms with Gasteiger partial charge in [-0.05, 0) is 63.0 Å². The van der Waals surface area contributed by atoms with Gasteiger partial charge in [-0.15, -0.1) is 0 Å². The van der Waals surface area contributed by atoms with E-state index in [9.17, 15) is 0 Å². The molecule has 0 radical (unpaired) electrons. The molecule has 19 heavy (non-hydrogen) atoms. The summed E-state index contributed by atoms with van der Waals surface area (Å²) < 4.78 is 0. The summed E-state index contributed by atoms with van der Waals surface area (Å²) in [5.41, 5.74) is 2.89. The molecule has 0 aromatic heterocycles. The number of benzene rings is 1. The molecule has 0 spiro atoms. The molecule has 0 amide bonds. The van der Waals surface area contributed by atoms with E-state index in [1.807, 2.05) is 0 Å². The molecule has 2 rings (SSSR count). The van der Waals surface area contributed by atoms with Gasteiger partial charge in [0.25, 0.3) is 0 Å². The Morgan fingerprint density at radius 2 is 1.74 bits per heavy atom. The molecule has 1 N–H and O–H groups in total. The summed E-state index contributed by atoms with van der Waals surface area (Å²) in [6.45, 7) is 6.84. The van der Waals surface area contributed by atoms with Crippen molar-refractivity contribution in [3.05, 3.63) is 35.4 Å². The molecule has 1 aromatic rings. The summed E-state index contributed by atoms with van der Waals surface area (Å²) >= 11 is 0. The topological polar surface area (TPSA) is 15.3 Å². The zero-order valence-electron chi connectivity index (χ0n) is 12.8. The van der Waals surface area contributed by atoms with E-state index in [1.54, 1.807) is 0 Å². The van der Waals surface area contributed by atoms with Gasteiger partial charge in [-0.2, -0.15) is 0 Å². The Labute approximate surface area is 118 Å². The first-order valence-electron chi connectivity index (χ1n) is 7.56. The largest absolute Gasteiger partial charge is 0.316 e. The quantitative estimate of drug-likeness (QED) is 0.892. The maximum absolute atomic E-state index is 3.54. The van der Waals surface area contributed by atoms with Gasteiger partial charge in [-0.3, -0.25) is 0 Å². The van der Waals surface area contributed by atoms with Crippen molar-refractivity contribution in [1.29, 1.82) is 0 Å². The average Bonchev–Trinajstić information content (AvgIpc) is 2.40. The van der Waals surface area contributed by atoms with Crippen LogP contribution < -0.4 is 5.32 Å². The van der Waals surface area contributed by atoms with E-state index in [-0.39, 0.29) is 0 Å². The van der Waals surface area contributed by atoms with Crippen molar-refractivity contribution in [3.8, 4) is 0 Å². The maximum Gasteiger partial charge on any atom is 0.0382 e. The normalized spacial score (nSPS) is 21.9. The number of nitrogens with zero attached hydrogens (tertiary/aromatic N) is 1. The third-order valence-electron chi connectivity index (χ3n) is 4.28. The highest BCUT2D eigenvalue weighted by Gasteiger charge is 2.26. The smallest absolute Gasteiger partial charge is 0.0382 e. The van der Waals surface area contributed by atoms with E-state index >= 15 is 0 Å². The molecule has 2 atom stereocenters. The van der Waals surface area contributed by atoms with Gasteiger partial charge in [0.05, 0.1) is 0 Å². The van der Waals surface area contributed by atoms with Crippen molar-refractivity contribution in [2.24, 2.45) is 5.92 Å². The molecule has 1 aromatic carbocycles. The Morgan fingerprint density at radius 1 is 1.11 bits per heavy atom. The standard InChI is InChI=1S/C17H28N2/c1-13(2)14-7-9-15(10-8-14)17(19(3)4)16-6-5-11-18-12-16/h7-10,13,16-18H,5-6,11-12H2,1-4H3. The van der Waals surface area contributed by atoms with Crippen LogP contribution in [0.25, 0.3) is 0 Å². The number of piperidine rings is 1. The van der Waals surface area contributed by atoms with Gasteiger partial charge in [0, 0.05) is 6.04 Å². The molecule has 2 unspecified atom stereocenters. The molecule has 0 bridgehead atoms. The first-order chi connectivity index (χ1) is 9.09. The van der Waals surface area contributed by atoms with Gasteiger partial charge in [-0.25, -0.2) is 0 Å². The minimum atomic E-state index is 0.536. The lowest BCUT2D eigenvalue weighted by molar-refractivity contribution is 0.181. The molecule has 106 valence electrons. The number of hydrogen-bond donors (Lipinski definition) is 1. The van der Waals surface area contributed by atoms with Crippen molar-refractivity contribution >= 4 is 0 Å². The molecule has 2 heteroatoms. The SMILES string of the molecule is CC(C)c1ccc(C(C2CCCNC2)N(C)C)cc1. The van der Waals surface area contributed by atoms with Crippen LogP contribution in [0.15, 0.2) is 24.3 Å². The molecular weight excluding hydrogens is 232 g/mol. The molecule has 2 nitrogen and oxygen atoms in total. The van der Waals surface area contributed by atoms with Crippen LogP contribution in [0, 0.1) is 5.92 Å². The van der Waals surface area contributed by atoms with Crippen LogP contribution in [0.1, 0.15) is 49.8 Å². The second-order valence-electron chi connectivity index (χ2n) is 6.34. The molecule has 1 aliphatic heterocycles. The van der Waals surface area contributed by atoms with E-state index in [2.05, 4.69) is 62.4 Å². The van der Waals surface area contributed by atoms with Crippen LogP contribution in [0.3, 0.4) is 0 Å². The molecule has 1 heterocycles. The Morgan fingerprint density at radius 3 is 2.21 bits per heavy atom. The number of rotatable bonds is 4. The zero-order valence-corrected chi connectivity index (χ0v) is 12.8. The van der Waals surface area contributed by atoms with Gasteiger partial charge in [0.2, 0.25) is 0 Å². The highest BCUT2D eigenvalue weighted by Crippen LogP contribution is 2.31. The first kappa shape index (κ1) is 14.5. The first-order valence-corrected chi connectivity index (χ1v) is 7.56. The van der Waals surface area contributed by atoms with E-state index in [4.69, 9.17) is 0 Å². The van der Waals surface area contributed by atoms with Gasteiger partial charge >= 0.3 is 0 Å². The fourth-order valence-electron chi connectivity index (χ4n) is 3.22. The zero-order chi connectivity index (χ0) is 13.8. The van der Waals surface area contributed by atoms with Gasteiger partial charge < -0.3 is 10.2 Å². The predicted octanol–water partition coefficient (Wildman–Crippen LogP) is 3.41. The second kappa shape index (κ2) is 6.53. The summed E-state index contributed by atoms with van der Waals surface area (Å²) in [6, 6.07) is 9.79. The lowest BCUT2D eigenvalue weighted by atomic mass is 9.86. The Balaban J connectivity index is 2.18. The van der Waals surface area contributed by atoms with Crippen LogP contribution in [0.4, 0.5) is 0 Å². The van der Waals surface area contributed by atoms with Crippen molar-refractivity contribution < 1.29 is 0 Å². The van der Waals surface area contributed by atoms with E-state index in [0.717, 1.165) is 12.5 Å². The van der Waals surface area contributed by atoms with Crippen LogP contribution in [-0.4, -0.2) is 32.1 Å². The van der Waals surface area contributed by atoms with Crippen LogP contribution in [0.5, 0.6) is 0 Å². The van der Waals surface area contributed by atoms with Gasteiger partial charge in [0.1, 0.15) is 0 Å². The molecule has 1 aliphatic rings. The summed E-state index contributed by atoms with van der Waals surface area (Å²) in [7, 11) is 4.41. The van der Waals surface area contributed by atoms with Crippen LogP contribution in [0.2, 0.25) is 0 Å². The lowest BCUT2D eigenvalue weighted by Gasteiger charge is -2.35. The van der Waals surface area contributed by atoms with Crippen LogP contribution in [-0.2, 0) is 0 Å². The molecule has 0 aliphatic carbocycles. The number of hydrogen-bond acceptors (Lipinski definition) is 2. The van der Waals surface area contributed by atoms with Crippen LogP contribution >= 0.6 is 0 Å². The fourth-order valence-corrected chi connectivity index (χ4v) is 3.22. The van der Waals surface area contributed by atoms with Crippen molar-refractivity contribution in [2.45, 2.75) is 38.6 Å². The van der Waals surface area contributed by atoms with Gasteiger partial charge in [0.15, 0.2) is 0 Å². The summed E-state index contributed by atoms with van der Waals surface area (Å²) in [6.07, 6.45) is 2.64.